The zero-order valence-electron chi connectivity index (χ0n) is 22.7. The summed E-state index contributed by atoms with van der Waals surface area (Å²) in [6.07, 6.45) is 0. The molecule has 5 heterocycles. The van der Waals surface area contributed by atoms with Crippen LogP contribution in [0.3, 0.4) is 0 Å². The fourth-order valence-electron chi connectivity index (χ4n) is 4.68. The number of hydrogen-bond donors (Lipinski definition) is 0. The Labute approximate surface area is 239 Å². The molecule has 0 atom stereocenters. The van der Waals surface area contributed by atoms with Crippen LogP contribution < -0.4 is 0 Å². The highest BCUT2D eigenvalue weighted by molar-refractivity contribution is 7.17. The van der Waals surface area contributed by atoms with E-state index in [1.807, 2.05) is 100 Å². The Balaban J connectivity index is 1.38. The van der Waals surface area contributed by atoms with E-state index < -0.39 is 0 Å². The molecule has 0 radical (unpaired) electrons. The van der Waals surface area contributed by atoms with Crippen LogP contribution in [0.5, 0.6) is 0 Å². The molecule has 0 aliphatic rings. The van der Waals surface area contributed by atoms with Crippen molar-refractivity contribution < 1.29 is 8.83 Å². The fraction of sp³-hybridized carbons (Fsp3) is 0.133. The molecule has 0 aliphatic heterocycles. The molecular weight excluding hydrogens is 536 g/mol. The summed E-state index contributed by atoms with van der Waals surface area (Å²) in [6.45, 7) is 7.83. The summed E-state index contributed by atoms with van der Waals surface area (Å²) in [6, 6.07) is 23.5. The molecule has 0 bridgehead atoms. The summed E-state index contributed by atoms with van der Waals surface area (Å²) in [5.41, 5.74) is 6.35. The van der Waals surface area contributed by atoms with Gasteiger partial charge in [-0.15, -0.1) is 10.2 Å². The van der Waals surface area contributed by atoms with Gasteiger partial charge in [0.1, 0.15) is 0 Å². The van der Waals surface area contributed by atoms with Crippen molar-refractivity contribution in [1.82, 2.24) is 39.7 Å². The Morgan fingerprint density at radius 1 is 0.585 bits per heavy atom. The normalized spacial score (nSPS) is 11.4. The maximum atomic E-state index is 6.30. The van der Waals surface area contributed by atoms with E-state index in [2.05, 4.69) is 20.4 Å². The molecule has 0 fully saturated rings. The van der Waals surface area contributed by atoms with Gasteiger partial charge in [0, 0.05) is 22.5 Å². The van der Waals surface area contributed by atoms with E-state index in [-0.39, 0.29) is 0 Å². The van der Waals surface area contributed by atoms with Crippen LogP contribution in [0, 0.1) is 27.7 Å². The second-order valence-electron chi connectivity index (χ2n) is 9.67. The maximum absolute atomic E-state index is 6.30. The molecule has 5 aromatic heterocycles. The lowest BCUT2D eigenvalue weighted by Gasteiger charge is -2.01. The topological polar surface area (TPSA) is 113 Å². The number of benzene rings is 2. The van der Waals surface area contributed by atoms with E-state index in [9.17, 15) is 0 Å². The van der Waals surface area contributed by atoms with Crippen LogP contribution in [0.15, 0.2) is 81.6 Å². The van der Waals surface area contributed by atoms with Gasteiger partial charge in [0.05, 0.1) is 11.4 Å². The SMILES string of the molecule is Cc1cc(C)n(-c2oc(-c3ccccc3)nc2-c2nnc(-c3nc(-c4ccccc4)oc3-n3nc(C)cc3C)s2)n1. The zero-order chi connectivity index (χ0) is 28.1. The van der Waals surface area contributed by atoms with E-state index in [4.69, 9.17) is 18.8 Å². The number of aromatic nitrogens is 8. The van der Waals surface area contributed by atoms with Crippen LogP contribution in [0.25, 0.3) is 56.1 Å². The maximum Gasteiger partial charge on any atom is 0.252 e. The van der Waals surface area contributed by atoms with Crippen molar-refractivity contribution in [3.8, 4) is 56.1 Å². The van der Waals surface area contributed by atoms with Gasteiger partial charge in [0.2, 0.25) is 11.8 Å². The molecule has 0 unspecified atom stereocenters. The Hall–Kier alpha value is -5.16. The summed E-state index contributed by atoms with van der Waals surface area (Å²) >= 11 is 1.35. The van der Waals surface area contributed by atoms with Crippen molar-refractivity contribution in [2.24, 2.45) is 0 Å². The molecule has 0 aliphatic carbocycles. The second kappa shape index (κ2) is 9.79. The minimum Gasteiger partial charge on any atom is -0.417 e. The van der Waals surface area contributed by atoms with Gasteiger partial charge in [-0.25, -0.2) is 19.3 Å². The van der Waals surface area contributed by atoms with Gasteiger partial charge < -0.3 is 8.83 Å². The molecule has 10 nitrogen and oxygen atoms in total. The van der Waals surface area contributed by atoms with Crippen molar-refractivity contribution in [1.29, 1.82) is 0 Å². The van der Waals surface area contributed by atoms with Crippen LogP contribution in [0.1, 0.15) is 22.8 Å². The standard InChI is InChI=1S/C30H24N8O2S/c1-17-15-19(3)37(35-17)29-23(31-25(39-29)21-11-7-5-8-12-21)27-33-34-28(41-27)24-30(38-20(4)16-18(2)36-38)40-26(32-24)22-13-9-6-10-14-22/h5-16H,1-4H3. The number of rotatable bonds is 6. The average Bonchev–Trinajstić information content (AvgIpc) is 3.80. The van der Waals surface area contributed by atoms with Crippen LogP contribution in [-0.2, 0) is 0 Å². The van der Waals surface area contributed by atoms with Crippen LogP contribution in [0.4, 0.5) is 0 Å². The Morgan fingerprint density at radius 2 is 1.00 bits per heavy atom. The highest BCUT2D eigenvalue weighted by Crippen LogP contribution is 2.39. The lowest BCUT2D eigenvalue weighted by Crippen LogP contribution is -1.99. The molecular formula is C30H24N8O2S. The zero-order valence-corrected chi connectivity index (χ0v) is 23.5. The quantitative estimate of drug-likeness (QED) is 0.218. The molecule has 7 rings (SSSR count). The highest BCUT2D eigenvalue weighted by atomic mass is 32.1. The largest absolute Gasteiger partial charge is 0.417 e. The number of hydrogen-bond acceptors (Lipinski definition) is 9. The summed E-state index contributed by atoms with van der Waals surface area (Å²) in [4.78, 5) is 9.71. The summed E-state index contributed by atoms with van der Waals surface area (Å²) in [7, 11) is 0. The predicted molar refractivity (Wildman–Crippen MR) is 155 cm³/mol. The van der Waals surface area contributed by atoms with Crippen molar-refractivity contribution in [3.63, 3.8) is 0 Å². The smallest absolute Gasteiger partial charge is 0.252 e. The first kappa shape index (κ1) is 24.9. The Morgan fingerprint density at radius 3 is 1.37 bits per heavy atom. The van der Waals surface area contributed by atoms with Crippen LogP contribution >= 0.6 is 11.3 Å². The summed E-state index contributed by atoms with van der Waals surface area (Å²) in [5.74, 6) is 1.88. The lowest BCUT2D eigenvalue weighted by atomic mass is 10.2. The first-order valence-electron chi connectivity index (χ1n) is 13.0. The second-order valence-corrected chi connectivity index (χ2v) is 10.6. The van der Waals surface area contributed by atoms with Crippen molar-refractivity contribution in [2.75, 3.05) is 0 Å². The van der Waals surface area contributed by atoms with Crippen molar-refractivity contribution in [3.05, 3.63) is 95.6 Å². The highest BCUT2D eigenvalue weighted by Gasteiger charge is 2.27. The molecule has 7 aromatic rings. The van der Waals surface area contributed by atoms with E-state index in [1.54, 1.807) is 9.36 Å². The van der Waals surface area contributed by atoms with Gasteiger partial charge >= 0.3 is 0 Å². The van der Waals surface area contributed by atoms with E-state index in [0.717, 1.165) is 33.9 Å². The van der Waals surface area contributed by atoms with Crippen molar-refractivity contribution >= 4 is 11.3 Å². The van der Waals surface area contributed by atoms with E-state index >= 15 is 0 Å². The van der Waals surface area contributed by atoms with Crippen LogP contribution in [0.2, 0.25) is 0 Å². The summed E-state index contributed by atoms with van der Waals surface area (Å²) in [5, 5.41) is 19.5. The summed E-state index contributed by atoms with van der Waals surface area (Å²) < 4.78 is 16.1. The fourth-order valence-corrected chi connectivity index (χ4v) is 5.49. The minimum atomic E-state index is 0.469. The van der Waals surface area contributed by atoms with Gasteiger partial charge in [-0.1, -0.05) is 47.7 Å². The third kappa shape index (κ3) is 4.45. The van der Waals surface area contributed by atoms with Crippen molar-refractivity contribution in [2.45, 2.75) is 27.7 Å². The third-order valence-corrected chi connectivity index (χ3v) is 7.43. The molecule has 2 aromatic carbocycles. The molecule has 0 saturated heterocycles. The average molecular weight is 561 g/mol. The Kier molecular flexibility index (Phi) is 5.93. The van der Waals surface area contributed by atoms with Gasteiger partial charge in [0.15, 0.2) is 21.4 Å². The molecule has 0 N–H and O–H groups in total. The Bertz CT molecular complexity index is 1850. The molecule has 0 spiro atoms. The van der Waals surface area contributed by atoms with Gasteiger partial charge in [-0.3, -0.25) is 0 Å². The number of oxazole rings is 2. The van der Waals surface area contributed by atoms with Gasteiger partial charge in [-0.2, -0.15) is 10.2 Å². The van der Waals surface area contributed by atoms with E-state index in [0.29, 0.717) is 45.0 Å². The first-order chi connectivity index (χ1) is 19.9. The molecule has 0 amide bonds. The first-order valence-corrected chi connectivity index (χ1v) is 13.8. The molecule has 11 heteroatoms. The van der Waals surface area contributed by atoms with E-state index in [1.165, 1.54) is 11.3 Å². The van der Waals surface area contributed by atoms with Gasteiger partial charge in [0.25, 0.3) is 11.8 Å². The lowest BCUT2D eigenvalue weighted by molar-refractivity contribution is 0.525. The van der Waals surface area contributed by atoms with Gasteiger partial charge in [-0.05, 0) is 64.1 Å². The minimum absolute atomic E-state index is 0.469. The molecule has 41 heavy (non-hydrogen) atoms. The monoisotopic (exact) mass is 560 g/mol. The molecule has 202 valence electrons. The predicted octanol–water partition coefficient (Wildman–Crippen LogP) is 6.79. The molecule has 0 saturated carbocycles. The number of aryl methyl sites for hydroxylation is 4. The third-order valence-electron chi connectivity index (χ3n) is 6.49. The number of nitrogens with zero attached hydrogens (tertiary/aromatic N) is 8. The van der Waals surface area contributed by atoms with Crippen LogP contribution in [-0.4, -0.2) is 39.7 Å².